The van der Waals surface area contributed by atoms with E-state index in [1.165, 1.54) is 0 Å². The largest absolute Gasteiger partial charge is 0.483 e. The van der Waals surface area contributed by atoms with E-state index in [9.17, 15) is 9.59 Å². The highest BCUT2D eigenvalue weighted by molar-refractivity contribution is 6.30. The second-order valence-electron chi connectivity index (χ2n) is 6.02. The smallest absolute Gasteiger partial charge is 0.279 e. The summed E-state index contributed by atoms with van der Waals surface area (Å²) in [5, 5.41) is 2.50. The number of carbonyl (C=O) groups excluding carboxylic acids is 2. The first-order chi connectivity index (χ1) is 13.5. The van der Waals surface area contributed by atoms with Crippen molar-refractivity contribution in [1.29, 1.82) is 0 Å². The van der Waals surface area contributed by atoms with E-state index >= 15 is 0 Å². The van der Waals surface area contributed by atoms with Crippen LogP contribution in [0.1, 0.15) is 6.92 Å². The highest BCUT2D eigenvalue weighted by atomic mass is 35.5. The molecule has 3 rings (SSSR count). The lowest BCUT2D eigenvalue weighted by atomic mass is 10.1. The lowest BCUT2D eigenvalue weighted by molar-refractivity contribution is -0.133. The number of carbonyl (C=O) groups is 2. The summed E-state index contributed by atoms with van der Waals surface area (Å²) in [6, 6.07) is 19.9. The number of hydrogen-bond acceptors (Lipinski definition) is 4. The van der Waals surface area contributed by atoms with Crippen LogP contribution < -0.4 is 20.3 Å². The Morgan fingerprint density at radius 1 is 0.964 bits per heavy atom. The van der Waals surface area contributed by atoms with Gasteiger partial charge in [0.15, 0.2) is 12.7 Å². The average molecular weight is 399 g/mol. The molecule has 0 spiro atoms. The Bertz CT molecular complexity index is 970. The fraction of sp³-hybridized carbons (Fsp3) is 0.143. The quantitative estimate of drug-likeness (QED) is 0.623. The van der Waals surface area contributed by atoms with Crippen molar-refractivity contribution in [1.82, 2.24) is 10.9 Å². The molecule has 3 aromatic carbocycles. The molecule has 7 heteroatoms. The minimum atomic E-state index is -0.805. The molecule has 3 aromatic rings. The van der Waals surface area contributed by atoms with Gasteiger partial charge in [-0.25, -0.2) is 0 Å². The van der Waals surface area contributed by atoms with E-state index in [2.05, 4.69) is 10.9 Å². The standard InChI is InChI=1S/C21H19ClN2O4/c1-14(28-17-11-9-16(22)10-12-17)21(26)24-23-20(25)13-27-19-8-4-6-15-5-2-3-7-18(15)19/h2-12,14H,13H2,1H3,(H,23,25)(H,24,26). The lowest BCUT2D eigenvalue weighted by Gasteiger charge is -2.15. The number of halogens is 1. The summed E-state index contributed by atoms with van der Waals surface area (Å²) >= 11 is 5.81. The van der Waals surface area contributed by atoms with Crippen molar-refractivity contribution in [3.8, 4) is 11.5 Å². The van der Waals surface area contributed by atoms with E-state index in [-0.39, 0.29) is 6.61 Å². The van der Waals surface area contributed by atoms with E-state index in [1.807, 2.05) is 36.4 Å². The summed E-state index contributed by atoms with van der Waals surface area (Å²) in [7, 11) is 0. The Morgan fingerprint density at radius 3 is 2.46 bits per heavy atom. The number of fused-ring (bicyclic) bond motifs is 1. The molecule has 6 nitrogen and oxygen atoms in total. The summed E-state index contributed by atoms with van der Waals surface area (Å²) in [4.78, 5) is 24.0. The van der Waals surface area contributed by atoms with Crippen molar-refractivity contribution in [2.75, 3.05) is 6.61 Å². The maximum atomic E-state index is 12.1. The van der Waals surface area contributed by atoms with Gasteiger partial charge in [0.1, 0.15) is 11.5 Å². The Kier molecular flexibility index (Phi) is 6.34. The van der Waals surface area contributed by atoms with Crippen LogP contribution in [0.25, 0.3) is 10.8 Å². The van der Waals surface area contributed by atoms with Gasteiger partial charge in [0.2, 0.25) is 0 Å². The van der Waals surface area contributed by atoms with Crippen molar-refractivity contribution in [2.24, 2.45) is 0 Å². The minimum Gasteiger partial charge on any atom is -0.483 e. The molecule has 1 atom stereocenters. The molecule has 0 saturated heterocycles. The molecule has 0 saturated carbocycles. The van der Waals surface area contributed by atoms with Crippen LogP contribution >= 0.6 is 11.6 Å². The molecule has 0 fully saturated rings. The van der Waals surface area contributed by atoms with Gasteiger partial charge >= 0.3 is 0 Å². The Morgan fingerprint density at radius 2 is 1.68 bits per heavy atom. The summed E-state index contributed by atoms with van der Waals surface area (Å²) in [5.41, 5.74) is 4.63. The fourth-order valence-corrected chi connectivity index (χ4v) is 2.63. The van der Waals surface area contributed by atoms with E-state index < -0.39 is 17.9 Å². The van der Waals surface area contributed by atoms with E-state index in [0.717, 1.165) is 10.8 Å². The Labute approximate surface area is 167 Å². The molecular weight excluding hydrogens is 380 g/mol. The number of amides is 2. The lowest BCUT2D eigenvalue weighted by Crippen LogP contribution is -2.48. The summed E-state index contributed by atoms with van der Waals surface area (Å²) < 4.78 is 11.1. The zero-order chi connectivity index (χ0) is 19.9. The molecule has 0 bridgehead atoms. The van der Waals surface area contributed by atoms with Crippen LogP contribution in [0.4, 0.5) is 0 Å². The monoisotopic (exact) mass is 398 g/mol. The van der Waals surface area contributed by atoms with E-state index in [0.29, 0.717) is 16.5 Å². The van der Waals surface area contributed by atoms with E-state index in [1.54, 1.807) is 37.3 Å². The highest BCUT2D eigenvalue weighted by Crippen LogP contribution is 2.24. The molecule has 2 amide bonds. The van der Waals surface area contributed by atoms with Crippen LogP contribution in [0.5, 0.6) is 11.5 Å². The van der Waals surface area contributed by atoms with Crippen molar-refractivity contribution in [2.45, 2.75) is 13.0 Å². The number of rotatable bonds is 6. The van der Waals surface area contributed by atoms with Crippen LogP contribution in [0, 0.1) is 0 Å². The molecule has 2 N–H and O–H groups in total. The van der Waals surface area contributed by atoms with Crippen LogP contribution in [-0.2, 0) is 9.59 Å². The topological polar surface area (TPSA) is 76.7 Å². The summed E-state index contributed by atoms with van der Waals surface area (Å²) in [5.74, 6) is 0.116. The van der Waals surface area contributed by atoms with Crippen molar-refractivity contribution < 1.29 is 19.1 Å². The second kappa shape index (κ2) is 9.10. The van der Waals surface area contributed by atoms with Crippen LogP contribution in [0.2, 0.25) is 5.02 Å². The molecule has 28 heavy (non-hydrogen) atoms. The average Bonchev–Trinajstić information content (AvgIpc) is 2.72. The Hall–Kier alpha value is -3.25. The number of hydrogen-bond donors (Lipinski definition) is 2. The van der Waals surface area contributed by atoms with Crippen LogP contribution in [0.3, 0.4) is 0 Å². The molecule has 1 unspecified atom stereocenters. The van der Waals surface area contributed by atoms with E-state index in [4.69, 9.17) is 21.1 Å². The molecule has 0 aromatic heterocycles. The maximum absolute atomic E-state index is 12.1. The zero-order valence-electron chi connectivity index (χ0n) is 15.1. The van der Waals surface area contributed by atoms with Crippen molar-refractivity contribution in [3.63, 3.8) is 0 Å². The molecule has 0 heterocycles. The van der Waals surface area contributed by atoms with Gasteiger partial charge < -0.3 is 9.47 Å². The SMILES string of the molecule is CC(Oc1ccc(Cl)cc1)C(=O)NNC(=O)COc1cccc2ccccc12. The van der Waals surface area contributed by atoms with Crippen molar-refractivity contribution >= 4 is 34.2 Å². The first-order valence-electron chi connectivity index (χ1n) is 8.64. The molecule has 0 aliphatic carbocycles. The van der Waals surface area contributed by atoms with Gasteiger partial charge in [0.25, 0.3) is 11.8 Å². The third-order valence-electron chi connectivity index (χ3n) is 3.93. The van der Waals surface area contributed by atoms with Crippen LogP contribution in [-0.4, -0.2) is 24.5 Å². The molecular formula is C21H19ClN2O4. The van der Waals surface area contributed by atoms with Gasteiger partial charge in [-0.2, -0.15) is 0 Å². The number of benzene rings is 3. The normalized spacial score (nSPS) is 11.5. The van der Waals surface area contributed by atoms with Gasteiger partial charge in [-0.3, -0.25) is 20.4 Å². The predicted octanol–water partition coefficient (Wildman–Crippen LogP) is 3.49. The summed E-state index contributed by atoms with van der Waals surface area (Å²) in [6.45, 7) is 1.34. The first-order valence-corrected chi connectivity index (χ1v) is 9.02. The fourth-order valence-electron chi connectivity index (χ4n) is 2.50. The zero-order valence-corrected chi connectivity index (χ0v) is 15.9. The Balaban J connectivity index is 1.47. The maximum Gasteiger partial charge on any atom is 0.279 e. The van der Waals surface area contributed by atoms with Crippen molar-refractivity contribution in [3.05, 3.63) is 71.8 Å². The number of ether oxygens (including phenoxy) is 2. The second-order valence-corrected chi connectivity index (χ2v) is 6.45. The third-order valence-corrected chi connectivity index (χ3v) is 4.18. The van der Waals surface area contributed by atoms with Gasteiger partial charge in [0.05, 0.1) is 0 Å². The first kappa shape index (κ1) is 19.5. The minimum absolute atomic E-state index is 0.235. The molecule has 0 aliphatic rings. The molecule has 0 aliphatic heterocycles. The van der Waals surface area contributed by atoms with Gasteiger partial charge in [-0.15, -0.1) is 0 Å². The van der Waals surface area contributed by atoms with Crippen LogP contribution in [0.15, 0.2) is 66.7 Å². The van der Waals surface area contributed by atoms with Gasteiger partial charge in [0, 0.05) is 10.4 Å². The van der Waals surface area contributed by atoms with Gasteiger partial charge in [-0.05, 0) is 42.6 Å². The molecule has 0 radical (unpaired) electrons. The number of nitrogens with one attached hydrogen (secondary N) is 2. The van der Waals surface area contributed by atoms with Gasteiger partial charge in [-0.1, -0.05) is 48.0 Å². The third kappa shape index (κ3) is 5.14. The predicted molar refractivity (Wildman–Crippen MR) is 107 cm³/mol. The molecule has 144 valence electrons. The highest BCUT2D eigenvalue weighted by Gasteiger charge is 2.15. The number of hydrazine groups is 1. The summed E-state index contributed by atoms with van der Waals surface area (Å²) in [6.07, 6.45) is -0.805.